The molecule has 3 rings (SSSR count). The molecule has 1 aromatic rings. The van der Waals surface area contributed by atoms with Crippen LogP contribution in [0.5, 0.6) is 0 Å². The molecule has 3 nitrogen and oxygen atoms in total. The van der Waals surface area contributed by atoms with Crippen LogP contribution in [0.4, 0.5) is 8.78 Å². The van der Waals surface area contributed by atoms with Crippen molar-refractivity contribution in [2.24, 2.45) is 5.92 Å². The van der Waals surface area contributed by atoms with Crippen molar-refractivity contribution in [1.82, 2.24) is 10.2 Å². The molecule has 0 bridgehead atoms. The summed E-state index contributed by atoms with van der Waals surface area (Å²) >= 11 is 0. The third-order valence-electron chi connectivity index (χ3n) is 4.40. The summed E-state index contributed by atoms with van der Waals surface area (Å²) in [5.74, 6) is -0.982. The lowest BCUT2D eigenvalue weighted by atomic mass is 9.93. The topological polar surface area (TPSA) is 32.3 Å². The van der Waals surface area contributed by atoms with Gasteiger partial charge in [-0.1, -0.05) is 6.07 Å². The molecule has 2 aliphatic heterocycles. The standard InChI is InChI=1S/C15H18F2N2O.ClH/c16-12-2-1-3-13(17)11(12)8-15(20)19-7-5-14-10(9-19)4-6-18-14;/h1-3,10,14,18H,4-9H2;1H. The van der Waals surface area contributed by atoms with E-state index in [4.69, 9.17) is 0 Å². The second-order valence-corrected chi connectivity index (χ2v) is 5.61. The van der Waals surface area contributed by atoms with Crippen molar-refractivity contribution < 1.29 is 13.6 Å². The van der Waals surface area contributed by atoms with Crippen LogP contribution in [0.25, 0.3) is 0 Å². The number of likely N-dealkylation sites (tertiary alicyclic amines) is 1. The molecule has 0 radical (unpaired) electrons. The quantitative estimate of drug-likeness (QED) is 0.906. The first-order valence-electron chi connectivity index (χ1n) is 7.09. The largest absolute Gasteiger partial charge is 0.342 e. The van der Waals surface area contributed by atoms with E-state index in [2.05, 4.69) is 5.32 Å². The second kappa shape index (κ2) is 6.71. The molecular formula is C15H19ClF2N2O. The van der Waals surface area contributed by atoms with Crippen LogP contribution in [0, 0.1) is 17.6 Å². The van der Waals surface area contributed by atoms with Gasteiger partial charge in [-0.15, -0.1) is 12.4 Å². The summed E-state index contributed by atoms with van der Waals surface area (Å²) in [6, 6.07) is 4.20. The summed E-state index contributed by atoms with van der Waals surface area (Å²) in [4.78, 5) is 14.0. The Labute approximate surface area is 129 Å². The van der Waals surface area contributed by atoms with Crippen LogP contribution in [0.1, 0.15) is 18.4 Å². The maximum atomic E-state index is 13.6. The maximum Gasteiger partial charge on any atom is 0.227 e. The fourth-order valence-corrected chi connectivity index (χ4v) is 3.24. The molecule has 0 aliphatic carbocycles. The van der Waals surface area contributed by atoms with Crippen molar-refractivity contribution in [3.05, 3.63) is 35.4 Å². The minimum Gasteiger partial charge on any atom is -0.342 e. The van der Waals surface area contributed by atoms with E-state index >= 15 is 0 Å². The molecule has 0 saturated carbocycles. The summed E-state index contributed by atoms with van der Waals surface area (Å²) in [5, 5.41) is 3.43. The highest BCUT2D eigenvalue weighted by Gasteiger charge is 2.34. The Bertz CT molecular complexity index is 506. The first-order chi connectivity index (χ1) is 9.65. The van der Waals surface area contributed by atoms with Crippen LogP contribution in [-0.2, 0) is 11.2 Å². The molecular weight excluding hydrogens is 298 g/mol. The average Bonchev–Trinajstić information content (AvgIpc) is 2.90. The average molecular weight is 317 g/mol. The first kappa shape index (κ1) is 16.2. The zero-order valence-electron chi connectivity index (χ0n) is 11.6. The SMILES string of the molecule is Cl.O=C(Cc1c(F)cccc1F)N1CCC2NCCC2C1. The number of nitrogens with zero attached hydrogens (tertiary/aromatic N) is 1. The predicted molar refractivity (Wildman–Crippen MR) is 78.4 cm³/mol. The molecule has 1 amide bonds. The molecule has 21 heavy (non-hydrogen) atoms. The van der Waals surface area contributed by atoms with Crippen LogP contribution >= 0.6 is 12.4 Å². The summed E-state index contributed by atoms with van der Waals surface area (Å²) in [6.07, 6.45) is 1.81. The molecule has 2 aliphatic rings. The molecule has 116 valence electrons. The van der Waals surface area contributed by atoms with E-state index in [0.717, 1.165) is 19.4 Å². The van der Waals surface area contributed by atoms with Crippen molar-refractivity contribution in [1.29, 1.82) is 0 Å². The third kappa shape index (κ3) is 3.35. The number of nitrogens with one attached hydrogen (secondary N) is 1. The van der Waals surface area contributed by atoms with Crippen LogP contribution < -0.4 is 5.32 Å². The van der Waals surface area contributed by atoms with Gasteiger partial charge in [-0.25, -0.2) is 8.78 Å². The molecule has 6 heteroatoms. The number of piperidine rings is 1. The normalized spacial score (nSPS) is 24.4. The summed E-state index contributed by atoms with van der Waals surface area (Å²) in [7, 11) is 0. The second-order valence-electron chi connectivity index (χ2n) is 5.61. The minimum absolute atomic E-state index is 0. The molecule has 2 fully saturated rings. The van der Waals surface area contributed by atoms with Crippen LogP contribution in [0.3, 0.4) is 0 Å². The number of rotatable bonds is 2. The fraction of sp³-hybridized carbons (Fsp3) is 0.533. The van der Waals surface area contributed by atoms with E-state index in [1.54, 1.807) is 4.90 Å². The molecule has 2 saturated heterocycles. The smallest absolute Gasteiger partial charge is 0.227 e. The van der Waals surface area contributed by atoms with Crippen molar-refractivity contribution in [3.63, 3.8) is 0 Å². The Kier molecular flexibility index (Phi) is 5.17. The van der Waals surface area contributed by atoms with Crippen LogP contribution in [0.2, 0.25) is 0 Å². The number of hydrogen-bond donors (Lipinski definition) is 1. The zero-order chi connectivity index (χ0) is 14.1. The number of hydrogen-bond acceptors (Lipinski definition) is 2. The third-order valence-corrected chi connectivity index (χ3v) is 4.40. The molecule has 1 aromatic carbocycles. The van der Waals surface area contributed by atoms with Crippen LogP contribution in [-0.4, -0.2) is 36.5 Å². The van der Waals surface area contributed by atoms with E-state index in [1.165, 1.54) is 18.2 Å². The summed E-state index contributed by atoms with van der Waals surface area (Å²) < 4.78 is 27.1. The van der Waals surface area contributed by atoms with Gasteiger partial charge in [0.25, 0.3) is 0 Å². The maximum absolute atomic E-state index is 13.6. The Morgan fingerprint density at radius 2 is 2.00 bits per heavy atom. The van der Waals surface area contributed by atoms with Crippen molar-refractivity contribution in [2.75, 3.05) is 19.6 Å². The Morgan fingerprint density at radius 1 is 1.29 bits per heavy atom. The van der Waals surface area contributed by atoms with E-state index in [-0.39, 0.29) is 30.3 Å². The molecule has 2 heterocycles. The molecule has 2 atom stereocenters. The molecule has 0 spiro atoms. The van der Waals surface area contributed by atoms with E-state index in [0.29, 0.717) is 25.0 Å². The van der Waals surface area contributed by atoms with Gasteiger partial charge in [-0.3, -0.25) is 4.79 Å². The molecule has 0 aromatic heterocycles. The van der Waals surface area contributed by atoms with E-state index in [1.807, 2.05) is 0 Å². The number of benzene rings is 1. The van der Waals surface area contributed by atoms with Gasteiger partial charge in [-0.2, -0.15) is 0 Å². The van der Waals surface area contributed by atoms with E-state index < -0.39 is 11.6 Å². The lowest BCUT2D eigenvalue weighted by molar-refractivity contribution is -0.132. The number of amides is 1. The minimum atomic E-state index is -0.643. The zero-order valence-corrected chi connectivity index (χ0v) is 12.5. The monoisotopic (exact) mass is 316 g/mol. The molecule has 1 N–H and O–H groups in total. The number of carbonyl (C=O) groups excluding carboxylic acids is 1. The van der Waals surface area contributed by atoms with Gasteiger partial charge >= 0.3 is 0 Å². The number of carbonyl (C=O) groups is 1. The van der Waals surface area contributed by atoms with Crippen molar-refractivity contribution in [3.8, 4) is 0 Å². The highest BCUT2D eigenvalue weighted by Crippen LogP contribution is 2.25. The van der Waals surface area contributed by atoms with Gasteiger partial charge in [-0.05, 0) is 37.4 Å². The van der Waals surface area contributed by atoms with Gasteiger partial charge in [0.1, 0.15) is 11.6 Å². The number of halogens is 3. The van der Waals surface area contributed by atoms with Crippen LogP contribution in [0.15, 0.2) is 18.2 Å². The van der Waals surface area contributed by atoms with Crippen molar-refractivity contribution in [2.45, 2.75) is 25.3 Å². The first-order valence-corrected chi connectivity index (χ1v) is 7.09. The Morgan fingerprint density at radius 3 is 2.71 bits per heavy atom. The van der Waals surface area contributed by atoms with Gasteiger partial charge in [0.05, 0.1) is 6.42 Å². The number of fused-ring (bicyclic) bond motifs is 1. The fourth-order valence-electron chi connectivity index (χ4n) is 3.24. The lowest BCUT2D eigenvalue weighted by Gasteiger charge is -2.35. The highest BCUT2D eigenvalue weighted by atomic mass is 35.5. The highest BCUT2D eigenvalue weighted by molar-refractivity contribution is 5.85. The molecule has 2 unspecified atom stereocenters. The summed E-state index contributed by atoms with van der Waals surface area (Å²) in [6.45, 7) is 2.37. The van der Waals surface area contributed by atoms with Gasteiger partial charge < -0.3 is 10.2 Å². The Balaban J connectivity index is 0.00000161. The van der Waals surface area contributed by atoms with Gasteiger partial charge in [0, 0.05) is 24.7 Å². The Hall–Kier alpha value is -1.20. The lowest BCUT2D eigenvalue weighted by Crippen LogP contribution is -2.47. The predicted octanol–water partition coefficient (Wildman–Crippen LogP) is 2.14. The van der Waals surface area contributed by atoms with Crippen molar-refractivity contribution >= 4 is 18.3 Å². The van der Waals surface area contributed by atoms with Gasteiger partial charge in [0.2, 0.25) is 5.91 Å². The van der Waals surface area contributed by atoms with E-state index in [9.17, 15) is 13.6 Å². The summed E-state index contributed by atoms with van der Waals surface area (Å²) in [5.41, 5.74) is -0.121. The van der Waals surface area contributed by atoms with Gasteiger partial charge in [0.15, 0.2) is 0 Å².